The van der Waals surface area contributed by atoms with Crippen LogP contribution in [0, 0.1) is 0 Å². The Morgan fingerprint density at radius 2 is 1.89 bits per heavy atom. The van der Waals surface area contributed by atoms with Crippen molar-refractivity contribution in [3.05, 3.63) is 65.4 Å². The summed E-state index contributed by atoms with van der Waals surface area (Å²) in [5, 5.41) is 12.1. The van der Waals surface area contributed by atoms with Gasteiger partial charge < -0.3 is 10.1 Å². The molecule has 3 aromatic rings. The van der Waals surface area contributed by atoms with Gasteiger partial charge in [-0.2, -0.15) is 5.10 Å². The van der Waals surface area contributed by atoms with Crippen LogP contribution < -0.4 is 5.32 Å². The van der Waals surface area contributed by atoms with Crippen molar-refractivity contribution >= 4 is 10.9 Å². The standard InChI is InChI=1S/C23H27N3O/c1-2-4-21(5-3-1)23(8-10-24-11-9-23)16-27-15-20-13-18(17-6-7-17)12-19-14-25-26-22(19)20/h1-5,12-14,17,24H,6-11,15-16H2,(H,25,26). The van der Waals surface area contributed by atoms with E-state index in [1.165, 1.54) is 34.9 Å². The van der Waals surface area contributed by atoms with Crippen LogP contribution in [0.1, 0.15) is 48.3 Å². The maximum Gasteiger partial charge on any atom is 0.0738 e. The van der Waals surface area contributed by atoms with E-state index in [0.29, 0.717) is 6.61 Å². The number of benzene rings is 2. The molecular formula is C23H27N3O. The van der Waals surface area contributed by atoms with Gasteiger partial charge in [-0.1, -0.05) is 36.4 Å². The van der Waals surface area contributed by atoms with Gasteiger partial charge in [0.25, 0.3) is 0 Å². The Kier molecular flexibility index (Phi) is 4.46. The summed E-state index contributed by atoms with van der Waals surface area (Å²) in [6.45, 7) is 3.52. The van der Waals surface area contributed by atoms with Crippen LogP contribution in [0.4, 0.5) is 0 Å². The van der Waals surface area contributed by atoms with Gasteiger partial charge in [-0.25, -0.2) is 0 Å². The number of nitrogens with one attached hydrogen (secondary N) is 2. The van der Waals surface area contributed by atoms with Crippen molar-refractivity contribution < 1.29 is 4.74 Å². The van der Waals surface area contributed by atoms with Crippen LogP contribution in [-0.4, -0.2) is 29.9 Å². The summed E-state index contributed by atoms with van der Waals surface area (Å²) >= 11 is 0. The lowest BCUT2D eigenvalue weighted by molar-refractivity contribution is 0.0570. The summed E-state index contributed by atoms with van der Waals surface area (Å²) in [5.74, 6) is 0.739. The quantitative estimate of drug-likeness (QED) is 0.689. The minimum Gasteiger partial charge on any atom is -0.376 e. The zero-order valence-electron chi connectivity index (χ0n) is 15.7. The van der Waals surface area contributed by atoms with Crippen LogP contribution >= 0.6 is 0 Å². The largest absolute Gasteiger partial charge is 0.376 e. The van der Waals surface area contributed by atoms with E-state index in [2.05, 4.69) is 58.0 Å². The molecule has 2 aromatic carbocycles. The van der Waals surface area contributed by atoms with Crippen LogP contribution in [0.2, 0.25) is 0 Å². The second-order valence-corrected chi connectivity index (χ2v) is 8.18. The minimum absolute atomic E-state index is 0.119. The van der Waals surface area contributed by atoms with E-state index in [1.807, 2.05) is 6.20 Å². The molecule has 1 aliphatic carbocycles. The zero-order chi connectivity index (χ0) is 18.1. The third-order valence-electron chi connectivity index (χ3n) is 6.28. The molecule has 2 fully saturated rings. The third-order valence-corrected chi connectivity index (χ3v) is 6.28. The lowest BCUT2D eigenvalue weighted by Crippen LogP contribution is -2.43. The van der Waals surface area contributed by atoms with Crippen molar-refractivity contribution in [2.24, 2.45) is 0 Å². The number of rotatable bonds is 6. The normalized spacial score (nSPS) is 19.4. The topological polar surface area (TPSA) is 49.9 Å². The van der Waals surface area contributed by atoms with Gasteiger partial charge in [0.05, 0.1) is 24.9 Å². The van der Waals surface area contributed by atoms with Gasteiger partial charge in [-0.05, 0) is 61.9 Å². The second-order valence-electron chi connectivity index (χ2n) is 8.18. The summed E-state index contributed by atoms with van der Waals surface area (Å²) in [6, 6.07) is 15.5. The molecule has 0 bridgehead atoms. The fourth-order valence-electron chi connectivity index (χ4n) is 4.49. The summed E-state index contributed by atoms with van der Waals surface area (Å²) < 4.78 is 6.37. The van der Waals surface area contributed by atoms with E-state index in [4.69, 9.17) is 4.74 Å². The van der Waals surface area contributed by atoms with Gasteiger partial charge in [0, 0.05) is 16.4 Å². The highest BCUT2D eigenvalue weighted by atomic mass is 16.5. The Hall–Kier alpha value is -2.17. The highest BCUT2D eigenvalue weighted by Crippen LogP contribution is 2.41. The maximum absolute atomic E-state index is 6.37. The maximum atomic E-state index is 6.37. The first-order valence-corrected chi connectivity index (χ1v) is 10.1. The molecule has 4 heteroatoms. The van der Waals surface area contributed by atoms with Crippen molar-refractivity contribution in [2.75, 3.05) is 19.7 Å². The minimum atomic E-state index is 0.119. The fourth-order valence-corrected chi connectivity index (χ4v) is 4.49. The average Bonchev–Trinajstić information content (AvgIpc) is 3.47. The van der Waals surface area contributed by atoms with E-state index < -0.39 is 0 Å². The highest BCUT2D eigenvalue weighted by Gasteiger charge is 2.34. The van der Waals surface area contributed by atoms with Crippen molar-refractivity contribution in [3.8, 4) is 0 Å². The van der Waals surface area contributed by atoms with Crippen LogP contribution in [0.15, 0.2) is 48.7 Å². The van der Waals surface area contributed by atoms with Crippen LogP contribution in [0.5, 0.6) is 0 Å². The Morgan fingerprint density at radius 3 is 2.67 bits per heavy atom. The molecule has 5 rings (SSSR count). The molecule has 140 valence electrons. The molecule has 4 nitrogen and oxygen atoms in total. The Bertz CT molecular complexity index is 908. The van der Waals surface area contributed by atoms with Crippen LogP contribution in [0.25, 0.3) is 10.9 Å². The molecule has 2 N–H and O–H groups in total. The summed E-state index contributed by atoms with van der Waals surface area (Å²) in [4.78, 5) is 0. The number of hydrogen-bond donors (Lipinski definition) is 2. The monoisotopic (exact) mass is 361 g/mol. The Labute approximate surface area is 160 Å². The lowest BCUT2D eigenvalue weighted by atomic mass is 9.74. The van der Waals surface area contributed by atoms with Crippen molar-refractivity contribution in [2.45, 2.75) is 43.6 Å². The van der Waals surface area contributed by atoms with E-state index in [1.54, 1.807) is 0 Å². The summed E-state index contributed by atoms with van der Waals surface area (Å²) in [5.41, 5.74) is 5.34. The highest BCUT2D eigenvalue weighted by molar-refractivity contribution is 5.82. The van der Waals surface area contributed by atoms with Gasteiger partial charge in [0.2, 0.25) is 0 Å². The molecule has 1 aromatic heterocycles. The SMILES string of the molecule is c1ccc(C2(COCc3cc(C4CC4)cc4cn[nH]c34)CCNCC2)cc1. The van der Waals surface area contributed by atoms with E-state index in [-0.39, 0.29) is 5.41 Å². The van der Waals surface area contributed by atoms with Crippen LogP contribution in [0.3, 0.4) is 0 Å². The van der Waals surface area contributed by atoms with E-state index in [0.717, 1.165) is 44.0 Å². The van der Waals surface area contributed by atoms with Gasteiger partial charge >= 0.3 is 0 Å². The van der Waals surface area contributed by atoms with Crippen LogP contribution in [-0.2, 0) is 16.8 Å². The predicted octanol–water partition coefficient (Wildman–Crippen LogP) is 4.28. The molecule has 0 spiro atoms. The van der Waals surface area contributed by atoms with Crippen molar-refractivity contribution in [3.63, 3.8) is 0 Å². The molecule has 0 atom stereocenters. The molecule has 1 saturated heterocycles. The molecule has 2 heterocycles. The smallest absolute Gasteiger partial charge is 0.0738 e. The lowest BCUT2D eigenvalue weighted by Gasteiger charge is -2.38. The number of hydrogen-bond acceptors (Lipinski definition) is 3. The summed E-state index contributed by atoms with van der Waals surface area (Å²) in [7, 11) is 0. The van der Waals surface area contributed by atoms with Gasteiger partial charge in [0.15, 0.2) is 0 Å². The third kappa shape index (κ3) is 3.40. The first kappa shape index (κ1) is 17.0. The van der Waals surface area contributed by atoms with E-state index in [9.17, 15) is 0 Å². The number of nitrogens with zero attached hydrogens (tertiary/aromatic N) is 1. The van der Waals surface area contributed by atoms with Gasteiger partial charge in [-0.15, -0.1) is 0 Å². The molecule has 0 unspecified atom stereocenters. The van der Waals surface area contributed by atoms with Gasteiger partial charge in [0.1, 0.15) is 0 Å². The molecule has 0 radical (unpaired) electrons. The molecule has 1 aliphatic heterocycles. The number of piperidine rings is 1. The Morgan fingerprint density at radius 1 is 1.07 bits per heavy atom. The number of ether oxygens (including phenoxy) is 1. The number of aromatic nitrogens is 2. The first-order chi connectivity index (χ1) is 13.3. The number of H-pyrrole nitrogens is 1. The molecule has 2 aliphatic rings. The number of fused-ring (bicyclic) bond motifs is 1. The molecule has 0 amide bonds. The van der Waals surface area contributed by atoms with Crippen molar-refractivity contribution in [1.82, 2.24) is 15.5 Å². The predicted molar refractivity (Wildman–Crippen MR) is 108 cm³/mol. The summed E-state index contributed by atoms with van der Waals surface area (Å²) in [6.07, 6.45) is 6.81. The Balaban J connectivity index is 1.36. The molecule has 1 saturated carbocycles. The average molecular weight is 361 g/mol. The fraction of sp³-hybridized carbons (Fsp3) is 0.435. The molecule has 27 heavy (non-hydrogen) atoms. The van der Waals surface area contributed by atoms with Crippen molar-refractivity contribution in [1.29, 1.82) is 0 Å². The van der Waals surface area contributed by atoms with E-state index >= 15 is 0 Å². The number of aromatic amines is 1. The van der Waals surface area contributed by atoms with Gasteiger partial charge in [-0.3, -0.25) is 5.10 Å². The zero-order valence-corrected chi connectivity index (χ0v) is 15.7. The molecular weight excluding hydrogens is 334 g/mol. The second kappa shape index (κ2) is 7.10. The first-order valence-electron chi connectivity index (χ1n) is 10.1.